The standard InChI is InChI=1S/C15H21ClN2O2/c1-11(20-14-7-3-2-6-13(14)16)10-18-15(19)9-12-5-4-8-17-12/h2-3,6-7,11-12,17H,4-5,8-10H2,1H3,(H,18,19). The van der Waals surface area contributed by atoms with E-state index < -0.39 is 0 Å². The molecule has 2 N–H and O–H groups in total. The third kappa shape index (κ3) is 4.69. The highest BCUT2D eigenvalue weighted by atomic mass is 35.5. The summed E-state index contributed by atoms with van der Waals surface area (Å²) in [7, 11) is 0. The van der Waals surface area contributed by atoms with Gasteiger partial charge in [-0.3, -0.25) is 4.79 Å². The molecular formula is C15H21ClN2O2. The van der Waals surface area contributed by atoms with Crippen molar-refractivity contribution >= 4 is 17.5 Å². The van der Waals surface area contributed by atoms with E-state index in [2.05, 4.69) is 10.6 Å². The number of rotatable bonds is 6. The van der Waals surface area contributed by atoms with Gasteiger partial charge in [-0.15, -0.1) is 0 Å². The van der Waals surface area contributed by atoms with E-state index >= 15 is 0 Å². The minimum atomic E-state index is -0.115. The number of halogens is 1. The number of carbonyl (C=O) groups is 1. The number of ether oxygens (including phenoxy) is 1. The van der Waals surface area contributed by atoms with E-state index in [1.54, 1.807) is 6.07 Å². The highest BCUT2D eigenvalue weighted by molar-refractivity contribution is 6.32. The van der Waals surface area contributed by atoms with Gasteiger partial charge in [0.2, 0.25) is 5.91 Å². The van der Waals surface area contributed by atoms with Gasteiger partial charge in [0.15, 0.2) is 0 Å². The fourth-order valence-electron chi connectivity index (χ4n) is 2.28. The molecule has 0 saturated carbocycles. The molecule has 1 saturated heterocycles. The molecule has 4 nitrogen and oxygen atoms in total. The summed E-state index contributed by atoms with van der Waals surface area (Å²) in [6.45, 7) is 3.41. The molecule has 0 radical (unpaired) electrons. The molecule has 0 aliphatic carbocycles. The predicted molar refractivity (Wildman–Crippen MR) is 80.2 cm³/mol. The minimum Gasteiger partial charge on any atom is -0.487 e. The van der Waals surface area contributed by atoms with Crippen molar-refractivity contribution in [3.8, 4) is 5.75 Å². The molecule has 1 aliphatic rings. The molecule has 1 heterocycles. The van der Waals surface area contributed by atoms with Crippen LogP contribution in [0.2, 0.25) is 5.02 Å². The van der Waals surface area contributed by atoms with Crippen LogP contribution in [0.5, 0.6) is 5.75 Å². The first-order valence-electron chi connectivity index (χ1n) is 7.06. The molecule has 1 aromatic carbocycles. The first-order valence-corrected chi connectivity index (χ1v) is 7.44. The molecule has 1 amide bonds. The van der Waals surface area contributed by atoms with Crippen LogP contribution >= 0.6 is 11.6 Å². The van der Waals surface area contributed by atoms with Gasteiger partial charge >= 0.3 is 0 Å². The van der Waals surface area contributed by atoms with Crippen molar-refractivity contribution in [3.63, 3.8) is 0 Å². The molecule has 2 rings (SSSR count). The van der Waals surface area contributed by atoms with Crippen LogP contribution in [-0.4, -0.2) is 31.1 Å². The van der Waals surface area contributed by atoms with Crippen LogP contribution < -0.4 is 15.4 Å². The lowest BCUT2D eigenvalue weighted by Gasteiger charge is -2.17. The number of amides is 1. The zero-order valence-electron chi connectivity index (χ0n) is 11.7. The fourth-order valence-corrected chi connectivity index (χ4v) is 2.46. The van der Waals surface area contributed by atoms with Crippen LogP contribution in [0, 0.1) is 0 Å². The zero-order valence-corrected chi connectivity index (χ0v) is 12.5. The van der Waals surface area contributed by atoms with Crippen molar-refractivity contribution in [2.75, 3.05) is 13.1 Å². The number of carbonyl (C=O) groups excluding carboxylic acids is 1. The second kappa shape index (κ2) is 7.50. The summed E-state index contributed by atoms with van der Waals surface area (Å²) in [5.74, 6) is 0.715. The lowest BCUT2D eigenvalue weighted by atomic mass is 10.1. The van der Waals surface area contributed by atoms with Crippen LogP contribution in [0.1, 0.15) is 26.2 Å². The molecule has 2 atom stereocenters. The quantitative estimate of drug-likeness (QED) is 0.847. The molecule has 2 unspecified atom stereocenters. The fraction of sp³-hybridized carbons (Fsp3) is 0.533. The van der Waals surface area contributed by atoms with Gasteiger partial charge in [0.25, 0.3) is 0 Å². The van der Waals surface area contributed by atoms with Crippen LogP contribution in [0.15, 0.2) is 24.3 Å². The van der Waals surface area contributed by atoms with Crippen molar-refractivity contribution in [3.05, 3.63) is 29.3 Å². The second-order valence-corrected chi connectivity index (χ2v) is 5.57. The third-order valence-corrected chi connectivity index (χ3v) is 3.66. The Morgan fingerprint density at radius 2 is 2.35 bits per heavy atom. The molecule has 1 fully saturated rings. The summed E-state index contributed by atoms with van der Waals surface area (Å²) in [4.78, 5) is 11.8. The largest absolute Gasteiger partial charge is 0.487 e. The van der Waals surface area contributed by atoms with Crippen LogP contribution in [0.3, 0.4) is 0 Å². The Labute approximate surface area is 124 Å². The number of hydrogen-bond donors (Lipinski definition) is 2. The second-order valence-electron chi connectivity index (χ2n) is 5.16. The van der Waals surface area contributed by atoms with Gasteiger partial charge in [-0.25, -0.2) is 0 Å². The number of nitrogens with one attached hydrogen (secondary N) is 2. The maximum Gasteiger partial charge on any atom is 0.221 e. The van der Waals surface area contributed by atoms with E-state index in [1.165, 1.54) is 0 Å². The van der Waals surface area contributed by atoms with Gasteiger partial charge in [-0.05, 0) is 38.4 Å². The normalized spacial score (nSPS) is 19.6. The average molecular weight is 297 g/mol. The Balaban J connectivity index is 1.70. The molecule has 5 heteroatoms. The first kappa shape index (κ1) is 15.1. The van der Waals surface area contributed by atoms with E-state index in [0.29, 0.717) is 29.8 Å². The van der Waals surface area contributed by atoms with E-state index in [-0.39, 0.29) is 12.0 Å². The molecule has 20 heavy (non-hydrogen) atoms. The Morgan fingerprint density at radius 1 is 1.55 bits per heavy atom. The van der Waals surface area contributed by atoms with E-state index in [4.69, 9.17) is 16.3 Å². The minimum absolute atomic E-state index is 0.0685. The Morgan fingerprint density at radius 3 is 3.05 bits per heavy atom. The summed E-state index contributed by atoms with van der Waals surface area (Å²) in [6, 6.07) is 7.67. The van der Waals surface area contributed by atoms with Gasteiger partial charge in [0.05, 0.1) is 11.6 Å². The monoisotopic (exact) mass is 296 g/mol. The van der Waals surface area contributed by atoms with Crippen molar-refractivity contribution in [1.82, 2.24) is 10.6 Å². The van der Waals surface area contributed by atoms with Crippen molar-refractivity contribution in [2.24, 2.45) is 0 Å². The van der Waals surface area contributed by atoms with Crippen molar-refractivity contribution in [2.45, 2.75) is 38.3 Å². The van der Waals surface area contributed by atoms with Gasteiger partial charge in [-0.1, -0.05) is 23.7 Å². The molecule has 0 bridgehead atoms. The maximum atomic E-state index is 11.8. The lowest BCUT2D eigenvalue weighted by Crippen LogP contribution is -2.37. The highest BCUT2D eigenvalue weighted by Gasteiger charge is 2.18. The zero-order chi connectivity index (χ0) is 14.4. The molecule has 0 spiro atoms. The predicted octanol–water partition coefficient (Wildman–Crippen LogP) is 2.37. The number of para-hydroxylation sites is 1. The molecule has 110 valence electrons. The molecule has 0 aromatic heterocycles. The molecule has 1 aliphatic heterocycles. The molecular weight excluding hydrogens is 276 g/mol. The third-order valence-electron chi connectivity index (χ3n) is 3.35. The Hall–Kier alpha value is -1.26. The van der Waals surface area contributed by atoms with Crippen LogP contribution in [0.25, 0.3) is 0 Å². The Bertz CT molecular complexity index is 447. The smallest absolute Gasteiger partial charge is 0.221 e. The number of benzene rings is 1. The summed E-state index contributed by atoms with van der Waals surface area (Å²) in [6.07, 6.45) is 2.66. The number of hydrogen-bond acceptors (Lipinski definition) is 3. The Kier molecular flexibility index (Phi) is 5.68. The highest BCUT2D eigenvalue weighted by Crippen LogP contribution is 2.24. The van der Waals surface area contributed by atoms with Gasteiger partial charge in [0, 0.05) is 12.5 Å². The topological polar surface area (TPSA) is 50.4 Å². The SMILES string of the molecule is CC(CNC(=O)CC1CCCN1)Oc1ccccc1Cl. The summed E-state index contributed by atoms with van der Waals surface area (Å²) < 4.78 is 5.70. The van der Waals surface area contributed by atoms with Gasteiger partial charge in [0.1, 0.15) is 11.9 Å². The molecule has 1 aromatic rings. The van der Waals surface area contributed by atoms with Crippen LogP contribution in [-0.2, 0) is 4.79 Å². The van der Waals surface area contributed by atoms with Crippen molar-refractivity contribution in [1.29, 1.82) is 0 Å². The summed E-state index contributed by atoms with van der Waals surface area (Å²) >= 11 is 6.02. The van der Waals surface area contributed by atoms with Gasteiger partial charge < -0.3 is 15.4 Å². The van der Waals surface area contributed by atoms with E-state index in [1.807, 2.05) is 25.1 Å². The van der Waals surface area contributed by atoms with Gasteiger partial charge in [-0.2, -0.15) is 0 Å². The van der Waals surface area contributed by atoms with Crippen LogP contribution in [0.4, 0.5) is 0 Å². The lowest BCUT2D eigenvalue weighted by molar-refractivity contribution is -0.121. The average Bonchev–Trinajstić information content (AvgIpc) is 2.92. The first-order chi connectivity index (χ1) is 9.65. The summed E-state index contributed by atoms with van der Waals surface area (Å²) in [5.41, 5.74) is 0. The maximum absolute atomic E-state index is 11.8. The van der Waals surface area contributed by atoms with E-state index in [0.717, 1.165) is 19.4 Å². The summed E-state index contributed by atoms with van der Waals surface area (Å²) in [5, 5.41) is 6.80. The van der Waals surface area contributed by atoms with E-state index in [9.17, 15) is 4.79 Å². The van der Waals surface area contributed by atoms with Crippen molar-refractivity contribution < 1.29 is 9.53 Å².